The maximum atomic E-state index is 6.36. The molecule has 1 atom stereocenters. The Hall–Kier alpha value is -4.25. The van der Waals surface area contributed by atoms with E-state index in [9.17, 15) is 0 Å². The zero-order valence-electron chi connectivity index (χ0n) is 22.4. The molecule has 0 spiro atoms. The molecule has 6 aromatic carbocycles. The Kier molecular flexibility index (Phi) is 7.10. The van der Waals surface area contributed by atoms with Crippen LogP contribution in [0.5, 0.6) is 0 Å². The van der Waals surface area contributed by atoms with Crippen molar-refractivity contribution in [3.8, 4) is 23.0 Å². The van der Waals surface area contributed by atoms with Crippen LogP contribution in [0.4, 0.5) is 0 Å². The van der Waals surface area contributed by atoms with Gasteiger partial charge in [0.1, 0.15) is 0 Å². The van der Waals surface area contributed by atoms with Gasteiger partial charge in [0.25, 0.3) is 0 Å². The lowest BCUT2D eigenvalue weighted by molar-refractivity contribution is 1.05. The molecule has 3 heteroatoms. The molecule has 0 aromatic heterocycles. The molecular formula is C39H23Cl3. The third-order valence-electron chi connectivity index (χ3n) is 7.79. The predicted octanol–water partition coefficient (Wildman–Crippen LogP) is 11.4. The first-order chi connectivity index (χ1) is 20.6. The van der Waals surface area contributed by atoms with E-state index in [1.54, 1.807) is 0 Å². The molecule has 1 aliphatic rings. The number of rotatable bonds is 3. The molecule has 0 N–H and O–H groups in total. The average Bonchev–Trinajstić information content (AvgIpc) is 3.42. The highest BCUT2D eigenvalue weighted by Crippen LogP contribution is 2.51. The van der Waals surface area contributed by atoms with Crippen molar-refractivity contribution in [3.63, 3.8) is 0 Å². The van der Waals surface area contributed by atoms with Crippen molar-refractivity contribution < 1.29 is 0 Å². The topological polar surface area (TPSA) is 0 Å². The summed E-state index contributed by atoms with van der Waals surface area (Å²) in [5, 5.41) is 4.39. The summed E-state index contributed by atoms with van der Waals surface area (Å²) in [7, 11) is 0. The van der Waals surface area contributed by atoms with E-state index in [-0.39, 0.29) is 5.92 Å². The van der Waals surface area contributed by atoms with Gasteiger partial charge in [-0.25, -0.2) is 0 Å². The molecule has 6 aromatic rings. The fraction of sp³-hybridized carbons (Fsp3) is 0.0256. The first-order valence-electron chi connectivity index (χ1n) is 13.7. The highest BCUT2D eigenvalue weighted by atomic mass is 35.5. The third kappa shape index (κ3) is 4.91. The lowest BCUT2D eigenvalue weighted by Gasteiger charge is -2.21. The second kappa shape index (κ2) is 11.2. The van der Waals surface area contributed by atoms with E-state index in [2.05, 4.69) is 96.8 Å². The molecular weight excluding hydrogens is 575 g/mol. The van der Waals surface area contributed by atoms with E-state index >= 15 is 0 Å². The predicted molar refractivity (Wildman–Crippen MR) is 179 cm³/mol. The van der Waals surface area contributed by atoms with Crippen LogP contribution in [0.25, 0.3) is 27.5 Å². The standard InChI is InChI=1S/C39H23Cl3/c40-29-17-10-25(11-18-29)12-23-34-32-8-4-5-9-33(32)37(28-15-21-31(42)22-16-28)39-36(26-6-2-1-3-7-26)24-35(38(34)39)27-13-19-30(41)20-14-27/h1-11,13-22,24,35H. The normalized spacial score (nSPS) is 13.8. The Morgan fingerprint density at radius 1 is 0.476 bits per heavy atom. The van der Waals surface area contributed by atoms with Crippen LogP contribution in [0, 0.1) is 11.8 Å². The monoisotopic (exact) mass is 596 g/mol. The van der Waals surface area contributed by atoms with Gasteiger partial charge in [-0.3, -0.25) is 0 Å². The Labute approximate surface area is 260 Å². The average molecular weight is 598 g/mol. The number of allylic oxidation sites excluding steroid dienone is 1. The van der Waals surface area contributed by atoms with E-state index in [4.69, 9.17) is 34.8 Å². The minimum absolute atomic E-state index is 0.0161. The van der Waals surface area contributed by atoms with Gasteiger partial charge in [-0.05, 0) is 98.3 Å². The lowest BCUT2D eigenvalue weighted by atomic mass is 9.81. The van der Waals surface area contributed by atoms with E-state index in [1.165, 1.54) is 27.8 Å². The summed E-state index contributed by atoms with van der Waals surface area (Å²) in [5.41, 5.74) is 10.1. The molecule has 0 fully saturated rings. The molecule has 0 radical (unpaired) electrons. The molecule has 42 heavy (non-hydrogen) atoms. The fourth-order valence-electron chi connectivity index (χ4n) is 5.89. The lowest BCUT2D eigenvalue weighted by Crippen LogP contribution is -2.03. The summed E-state index contributed by atoms with van der Waals surface area (Å²) >= 11 is 18.9. The van der Waals surface area contributed by atoms with Crippen molar-refractivity contribution in [2.75, 3.05) is 0 Å². The van der Waals surface area contributed by atoms with Gasteiger partial charge in [-0.1, -0.05) is 132 Å². The van der Waals surface area contributed by atoms with Gasteiger partial charge in [-0.15, -0.1) is 0 Å². The number of fused-ring (bicyclic) bond motifs is 2. The zero-order valence-corrected chi connectivity index (χ0v) is 24.7. The van der Waals surface area contributed by atoms with E-state index in [1.807, 2.05) is 48.5 Å². The maximum Gasteiger partial charge on any atom is 0.0406 e. The minimum Gasteiger partial charge on any atom is -0.0843 e. The van der Waals surface area contributed by atoms with Gasteiger partial charge in [0.15, 0.2) is 0 Å². The smallest absolute Gasteiger partial charge is 0.0406 e. The van der Waals surface area contributed by atoms with Crippen molar-refractivity contribution in [1.29, 1.82) is 0 Å². The number of hydrogen-bond donors (Lipinski definition) is 0. The van der Waals surface area contributed by atoms with Crippen molar-refractivity contribution in [2.24, 2.45) is 0 Å². The van der Waals surface area contributed by atoms with E-state index in [0.717, 1.165) is 33.0 Å². The fourth-order valence-corrected chi connectivity index (χ4v) is 6.27. The quantitative estimate of drug-likeness (QED) is 0.178. The van der Waals surface area contributed by atoms with Crippen LogP contribution in [-0.2, 0) is 0 Å². The second-order valence-corrected chi connectivity index (χ2v) is 11.6. The van der Waals surface area contributed by atoms with E-state index in [0.29, 0.717) is 15.1 Å². The van der Waals surface area contributed by atoms with Crippen molar-refractivity contribution in [3.05, 3.63) is 182 Å². The van der Waals surface area contributed by atoms with Crippen LogP contribution in [0.1, 0.15) is 39.3 Å². The Morgan fingerprint density at radius 2 is 1.05 bits per heavy atom. The summed E-state index contributed by atoms with van der Waals surface area (Å²) in [6.45, 7) is 0. The minimum atomic E-state index is -0.0161. The van der Waals surface area contributed by atoms with Crippen LogP contribution in [0.2, 0.25) is 15.1 Å². The summed E-state index contributed by atoms with van der Waals surface area (Å²) < 4.78 is 0. The first kappa shape index (κ1) is 26.6. The van der Waals surface area contributed by atoms with Crippen molar-refractivity contribution in [1.82, 2.24) is 0 Å². The molecule has 0 saturated carbocycles. The summed E-state index contributed by atoms with van der Waals surface area (Å²) in [4.78, 5) is 0. The van der Waals surface area contributed by atoms with Gasteiger partial charge < -0.3 is 0 Å². The van der Waals surface area contributed by atoms with Gasteiger partial charge in [0.2, 0.25) is 0 Å². The highest BCUT2D eigenvalue weighted by Gasteiger charge is 2.33. The van der Waals surface area contributed by atoms with Crippen LogP contribution >= 0.6 is 34.8 Å². The van der Waals surface area contributed by atoms with Gasteiger partial charge in [0.05, 0.1) is 0 Å². The number of halogens is 3. The van der Waals surface area contributed by atoms with Crippen molar-refractivity contribution >= 4 is 51.1 Å². The maximum absolute atomic E-state index is 6.36. The molecule has 1 unspecified atom stereocenters. The molecule has 200 valence electrons. The van der Waals surface area contributed by atoms with Gasteiger partial charge >= 0.3 is 0 Å². The molecule has 0 heterocycles. The third-order valence-corrected chi connectivity index (χ3v) is 8.55. The summed E-state index contributed by atoms with van der Waals surface area (Å²) in [5.74, 6) is 7.05. The Bertz CT molecular complexity index is 2030. The van der Waals surface area contributed by atoms with Crippen LogP contribution < -0.4 is 0 Å². The van der Waals surface area contributed by atoms with Crippen LogP contribution in [0.15, 0.2) is 133 Å². The molecule has 0 bridgehead atoms. The summed E-state index contributed by atoms with van der Waals surface area (Å²) in [6.07, 6.45) is 2.38. The van der Waals surface area contributed by atoms with E-state index < -0.39 is 0 Å². The molecule has 1 aliphatic carbocycles. The van der Waals surface area contributed by atoms with Crippen LogP contribution in [-0.4, -0.2) is 0 Å². The van der Waals surface area contributed by atoms with Crippen molar-refractivity contribution in [2.45, 2.75) is 5.92 Å². The second-order valence-electron chi connectivity index (χ2n) is 10.3. The number of benzene rings is 6. The summed E-state index contributed by atoms with van der Waals surface area (Å²) in [6, 6.07) is 43.2. The highest BCUT2D eigenvalue weighted by molar-refractivity contribution is 6.31. The van der Waals surface area contributed by atoms with Crippen LogP contribution in [0.3, 0.4) is 0 Å². The zero-order chi connectivity index (χ0) is 28.6. The molecule has 0 saturated heterocycles. The molecule has 0 aliphatic heterocycles. The molecule has 0 nitrogen and oxygen atoms in total. The SMILES string of the molecule is Clc1ccc(C#Cc2c3c(c(-c4ccc(Cl)cc4)c4ccccc24)C(c2ccccc2)=CC3c2ccc(Cl)cc2)cc1. The van der Waals surface area contributed by atoms with Gasteiger partial charge in [-0.2, -0.15) is 0 Å². The molecule has 0 amide bonds. The van der Waals surface area contributed by atoms with Gasteiger partial charge in [0, 0.05) is 32.1 Å². The number of hydrogen-bond acceptors (Lipinski definition) is 0. The largest absolute Gasteiger partial charge is 0.0843 e. The Morgan fingerprint density at radius 3 is 1.71 bits per heavy atom. The first-order valence-corrected chi connectivity index (χ1v) is 14.9. The molecule has 7 rings (SSSR count). The Balaban J connectivity index is 1.61.